The third-order valence-corrected chi connectivity index (χ3v) is 4.79. The highest BCUT2D eigenvalue weighted by atomic mass is 35.5. The van der Waals surface area contributed by atoms with E-state index < -0.39 is 0 Å². The molecule has 1 amide bonds. The van der Waals surface area contributed by atoms with E-state index in [1.807, 2.05) is 6.07 Å². The second-order valence-corrected chi connectivity index (χ2v) is 7.12. The second-order valence-electron chi connectivity index (χ2n) is 6.68. The average molecular weight is 410 g/mol. The van der Waals surface area contributed by atoms with Crippen LogP contribution in [0.25, 0.3) is 10.9 Å². The minimum atomic E-state index is -0.336. The topological polar surface area (TPSA) is 56.0 Å². The maximum Gasteiger partial charge on any atom is 0.275 e. The van der Waals surface area contributed by atoms with Crippen LogP contribution in [0.15, 0.2) is 77.9 Å². The highest BCUT2D eigenvalue weighted by Crippen LogP contribution is 2.16. The van der Waals surface area contributed by atoms with Crippen LogP contribution in [-0.4, -0.2) is 15.0 Å². The normalized spacial score (nSPS) is 11.0. The molecule has 0 unspecified atom stereocenters. The van der Waals surface area contributed by atoms with E-state index in [1.165, 1.54) is 16.7 Å². The lowest BCUT2D eigenvalue weighted by Gasteiger charge is -2.10. The van der Waals surface area contributed by atoms with Gasteiger partial charge in [0.25, 0.3) is 5.56 Å². The zero-order chi connectivity index (χ0) is 20.4. The van der Waals surface area contributed by atoms with Crippen LogP contribution in [-0.2, 0) is 17.9 Å². The molecule has 0 bridgehead atoms. The summed E-state index contributed by atoms with van der Waals surface area (Å²) in [6, 6.07) is 16.7. The minimum absolute atomic E-state index is 0.133. The molecule has 2 aromatic carbocycles. The monoisotopic (exact) mass is 409 g/mol. The molecular formula is C22H17ClFN3O2. The van der Waals surface area contributed by atoms with Gasteiger partial charge in [-0.15, -0.1) is 0 Å². The lowest BCUT2D eigenvalue weighted by molar-refractivity contribution is -0.116. The van der Waals surface area contributed by atoms with Crippen molar-refractivity contribution in [3.8, 4) is 0 Å². The molecule has 4 aromatic rings. The number of hydrogen-bond acceptors (Lipinski definition) is 2. The second kappa shape index (κ2) is 7.93. The summed E-state index contributed by atoms with van der Waals surface area (Å²) in [5, 5.41) is 4.00. The Morgan fingerprint density at radius 3 is 2.52 bits per heavy atom. The molecule has 0 radical (unpaired) electrons. The van der Waals surface area contributed by atoms with Crippen LogP contribution in [0.2, 0.25) is 5.02 Å². The van der Waals surface area contributed by atoms with Gasteiger partial charge in [-0.05, 0) is 48.0 Å². The van der Waals surface area contributed by atoms with Crippen molar-refractivity contribution in [1.29, 1.82) is 0 Å². The van der Waals surface area contributed by atoms with E-state index in [0.717, 1.165) is 10.9 Å². The van der Waals surface area contributed by atoms with Crippen molar-refractivity contribution in [2.24, 2.45) is 0 Å². The Hall–Kier alpha value is -3.38. The van der Waals surface area contributed by atoms with Crippen molar-refractivity contribution >= 4 is 34.1 Å². The SMILES string of the molecule is O=C(Cn1ccc2ccn(Cc3cccc(F)c3)c2c1=O)Nc1cccc(Cl)c1. The predicted molar refractivity (Wildman–Crippen MR) is 112 cm³/mol. The van der Waals surface area contributed by atoms with Crippen LogP contribution in [0.4, 0.5) is 10.1 Å². The van der Waals surface area contributed by atoms with E-state index in [4.69, 9.17) is 11.6 Å². The molecule has 0 aliphatic carbocycles. The van der Waals surface area contributed by atoms with Gasteiger partial charge in [-0.2, -0.15) is 0 Å². The predicted octanol–water partition coefficient (Wildman–Crippen LogP) is 4.28. The maximum absolute atomic E-state index is 13.5. The third kappa shape index (κ3) is 4.22. The summed E-state index contributed by atoms with van der Waals surface area (Å²) < 4.78 is 16.6. The first kappa shape index (κ1) is 19.0. The fourth-order valence-electron chi connectivity index (χ4n) is 3.25. The molecule has 1 N–H and O–H groups in total. The zero-order valence-electron chi connectivity index (χ0n) is 15.3. The highest BCUT2D eigenvalue weighted by molar-refractivity contribution is 6.30. The smallest absolute Gasteiger partial charge is 0.275 e. The molecule has 0 spiro atoms. The van der Waals surface area contributed by atoms with Crippen LogP contribution in [0.3, 0.4) is 0 Å². The van der Waals surface area contributed by atoms with Gasteiger partial charge in [-0.1, -0.05) is 29.8 Å². The number of anilines is 1. The van der Waals surface area contributed by atoms with E-state index >= 15 is 0 Å². The Bertz CT molecular complexity index is 1260. The Kier molecular flexibility index (Phi) is 5.18. The van der Waals surface area contributed by atoms with E-state index in [2.05, 4.69) is 5.32 Å². The number of nitrogens with one attached hydrogen (secondary N) is 1. The molecular weight excluding hydrogens is 393 g/mol. The first-order valence-corrected chi connectivity index (χ1v) is 9.35. The molecule has 5 nitrogen and oxygen atoms in total. The van der Waals surface area contributed by atoms with Gasteiger partial charge >= 0.3 is 0 Å². The first-order valence-electron chi connectivity index (χ1n) is 8.98. The van der Waals surface area contributed by atoms with E-state index in [1.54, 1.807) is 59.4 Å². The molecule has 29 heavy (non-hydrogen) atoms. The van der Waals surface area contributed by atoms with Gasteiger partial charge in [0.05, 0.1) is 0 Å². The van der Waals surface area contributed by atoms with Crippen molar-refractivity contribution in [2.75, 3.05) is 5.32 Å². The standard InChI is InChI=1S/C22H17ClFN3O2/c23-17-4-2-6-19(12-17)25-20(28)14-27-10-8-16-7-9-26(21(16)22(27)29)13-15-3-1-5-18(24)11-15/h1-12H,13-14H2,(H,25,28). The van der Waals surface area contributed by atoms with Crippen LogP contribution in [0.1, 0.15) is 5.56 Å². The molecule has 146 valence electrons. The molecule has 0 fully saturated rings. The van der Waals surface area contributed by atoms with Crippen molar-refractivity contribution in [3.05, 3.63) is 99.8 Å². The maximum atomic E-state index is 13.5. The lowest BCUT2D eigenvalue weighted by atomic mass is 10.2. The fraction of sp³-hybridized carbons (Fsp3) is 0.0909. The number of nitrogens with zero attached hydrogens (tertiary/aromatic N) is 2. The summed E-state index contributed by atoms with van der Waals surface area (Å²) in [5.74, 6) is -0.661. The van der Waals surface area contributed by atoms with Gasteiger partial charge in [0.1, 0.15) is 17.9 Å². The minimum Gasteiger partial charge on any atom is -0.339 e. The lowest BCUT2D eigenvalue weighted by Crippen LogP contribution is -2.28. The van der Waals surface area contributed by atoms with E-state index in [9.17, 15) is 14.0 Å². The van der Waals surface area contributed by atoms with Crippen molar-refractivity contribution in [3.63, 3.8) is 0 Å². The van der Waals surface area contributed by atoms with Crippen LogP contribution < -0.4 is 10.9 Å². The van der Waals surface area contributed by atoms with Crippen molar-refractivity contribution in [1.82, 2.24) is 9.13 Å². The summed E-state index contributed by atoms with van der Waals surface area (Å²) in [6.07, 6.45) is 3.38. The number of carbonyl (C=O) groups excluding carboxylic acids is 1. The molecule has 4 rings (SSSR count). The van der Waals surface area contributed by atoms with Crippen LogP contribution in [0, 0.1) is 5.82 Å². The summed E-state index contributed by atoms with van der Waals surface area (Å²) >= 11 is 5.93. The number of benzene rings is 2. The quantitative estimate of drug-likeness (QED) is 0.534. The fourth-order valence-corrected chi connectivity index (χ4v) is 3.44. The first-order chi connectivity index (χ1) is 14.0. The summed E-state index contributed by atoms with van der Waals surface area (Å²) in [4.78, 5) is 25.3. The number of hydrogen-bond donors (Lipinski definition) is 1. The number of pyridine rings is 1. The molecule has 2 aromatic heterocycles. The Balaban J connectivity index is 1.60. The molecule has 0 saturated carbocycles. The zero-order valence-corrected chi connectivity index (χ0v) is 16.1. The molecule has 2 heterocycles. The van der Waals surface area contributed by atoms with E-state index in [0.29, 0.717) is 22.8 Å². The average Bonchev–Trinajstić information content (AvgIpc) is 3.07. The van der Waals surface area contributed by atoms with Gasteiger partial charge in [0, 0.05) is 35.0 Å². The number of carbonyl (C=O) groups is 1. The van der Waals surface area contributed by atoms with Gasteiger partial charge in [-0.3, -0.25) is 9.59 Å². The number of aromatic nitrogens is 2. The van der Waals surface area contributed by atoms with Crippen LogP contribution in [0.5, 0.6) is 0 Å². The van der Waals surface area contributed by atoms with Crippen LogP contribution >= 0.6 is 11.6 Å². The Morgan fingerprint density at radius 1 is 1.00 bits per heavy atom. The summed E-state index contributed by atoms with van der Waals surface area (Å²) in [6.45, 7) is 0.224. The summed E-state index contributed by atoms with van der Waals surface area (Å²) in [7, 11) is 0. The van der Waals surface area contributed by atoms with Crippen molar-refractivity contribution < 1.29 is 9.18 Å². The number of amides is 1. The van der Waals surface area contributed by atoms with E-state index in [-0.39, 0.29) is 23.8 Å². The third-order valence-electron chi connectivity index (χ3n) is 4.56. The number of halogens is 2. The van der Waals surface area contributed by atoms with Crippen molar-refractivity contribution in [2.45, 2.75) is 13.1 Å². The van der Waals surface area contributed by atoms with Gasteiger partial charge in [-0.25, -0.2) is 4.39 Å². The largest absolute Gasteiger partial charge is 0.339 e. The molecule has 0 saturated heterocycles. The van der Waals surface area contributed by atoms with Gasteiger partial charge in [0.15, 0.2) is 0 Å². The highest BCUT2D eigenvalue weighted by Gasteiger charge is 2.12. The number of fused-ring (bicyclic) bond motifs is 1. The Labute approximate surface area is 171 Å². The molecule has 0 atom stereocenters. The number of rotatable bonds is 5. The summed E-state index contributed by atoms with van der Waals surface area (Å²) in [5.41, 5.74) is 1.49. The molecule has 0 aliphatic rings. The Morgan fingerprint density at radius 2 is 1.76 bits per heavy atom. The van der Waals surface area contributed by atoms with Gasteiger partial charge < -0.3 is 14.5 Å². The van der Waals surface area contributed by atoms with Gasteiger partial charge in [0.2, 0.25) is 5.91 Å². The molecule has 0 aliphatic heterocycles. The molecule has 7 heteroatoms.